The van der Waals surface area contributed by atoms with Crippen molar-refractivity contribution in [2.75, 3.05) is 0 Å². The molecule has 0 aliphatic carbocycles. The maximum atomic E-state index is 13.5. The van der Waals surface area contributed by atoms with Gasteiger partial charge in [0.05, 0.1) is 12.0 Å². The zero-order valence-corrected chi connectivity index (χ0v) is 15.5. The van der Waals surface area contributed by atoms with Gasteiger partial charge in [-0.2, -0.15) is 0 Å². The monoisotopic (exact) mass is 386 g/mol. The first kappa shape index (κ1) is 16.7. The zero-order chi connectivity index (χ0) is 19.1. The van der Waals surface area contributed by atoms with E-state index in [0.29, 0.717) is 33.9 Å². The molecule has 0 N–H and O–H groups in total. The van der Waals surface area contributed by atoms with Gasteiger partial charge in [0.15, 0.2) is 0 Å². The van der Waals surface area contributed by atoms with Crippen LogP contribution >= 0.6 is 11.6 Å². The van der Waals surface area contributed by atoms with E-state index in [-0.39, 0.29) is 5.56 Å². The molecule has 5 nitrogen and oxygen atoms in total. The molecule has 0 spiro atoms. The maximum absolute atomic E-state index is 13.5. The van der Waals surface area contributed by atoms with Gasteiger partial charge in [-0.25, -0.2) is 9.97 Å². The smallest absolute Gasteiger partial charge is 0.282 e. The van der Waals surface area contributed by atoms with Crippen LogP contribution in [0.1, 0.15) is 5.56 Å². The first-order valence-electron chi connectivity index (χ1n) is 8.87. The Balaban J connectivity index is 1.85. The highest BCUT2D eigenvalue weighted by Crippen LogP contribution is 2.24. The number of rotatable bonds is 3. The van der Waals surface area contributed by atoms with E-state index in [1.54, 1.807) is 29.2 Å². The molecule has 2 aromatic carbocycles. The van der Waals surface area contributed by atoms with Crippen LogP contribution in [0.5, 0.6) is 0 Å². The summed E-state index contributed by atoms with van der Waals surface area (Å²) in [5.41, 5.74) is 3.37. The summed E-state index contributed by atoms with van der Waals surface area (Å²) in [5.74, 6) is 0. The van der Waals surface area contributed by atoms with E-state index < -0.39 is 0 Å². The van der Waals surface area contributed by atoms with Gasteiger partial charge in [-0.1, -0.05) is 48.0 Å². The van der Waals surface area contributed by atoms with Crippen molar-refractivity contribution in [1.82, 2.24) is 19.1 Å². The van der Waals surface area contributed by atoms with E-state index in [1.807, 2.05) is 59.2 Å². The molecule has 0 radical (unpaired) electrons. The van der Waals surface area contributed by atoms with Crippen molar-refractivity contribution in [3.8, 4) is 5.69 Å². The van der Waals surface area contributed by atoms with Crippen LogP contribution in [0.15, 0.2) is 84.0 Å². The Labute approximate surface area is 165 Å². The highest BCUT2D eigenvalue weighted by atomic mass is 35.5. The van der Waals surface area contributed by atoms with Crippen LogP contribution in [-0.2, 0) is 6.54 Å². The molecular weight excluding hydrogens is 372 g/mol. The minimum Gasteiger partial charge on any atom is -0.322 e. The Morgan fingerprint density at radius 1 is 0.929 bits per heavy atom. The molecule has 3 aromatic heterocycles. The lowest BCUT2D eigenvalue weighted by molar-refractivity contribution is 0.816. The molecule has 0 aliphatic rings. The quantitative estimate of drug-likeness (QED) is 0.460. The number of hydrogen-bond donors (Lipinski definition) is 0. The number of pyridine rings is 2. The Bertz CT molecular complexity index is 1370. The summed E-state index contributed by atoms with van der Waals surface area (Å²) in [6.45, 7) is 0.563. The molecule has 0 amide bonds. The van der Waals surface area contributed by atoms with Crippen molar-refractivity contribution in [3.63, 3.8) is 0 Å². The van der Waals surface area contributed by atoms with Gasteiger partial charge in [0.25, 0.3) is 5.56 Å². The number of benzene rings is 2. The molecule has 0 atom stereocenters. The number of hydrogen-bond acceptors (Lipinski definition) is 3. The van der Waals surface area contributed by atoms with Gasteiger partial charge in [0, 0.05) is 23.2 Å². The fraction of sp³-hybridized carbons (Fsp3) is 0.0455. The van der Waals surface area contributed by atoms with E-state index in [0.717, 1.165) is 10.9 Å². The van der Waals surface area contributed by atoms with Crippen LogP contribution in [0.25, 0.3) is 27.8 Å². The first-order chi connectivity index (χ1) is 13.7. The van der Waals surface area contributed by atoms with Crippen LogP contribution in [0.2, 0.25) is 5.02 Å². The maximum Gasteiger partial charge on any atom is 0.282 e. The average molecular weight is 387 g/mol. The molecule has 0 aliphatic heterocycles. The molecule has 28 heavy (non-hydrogen) atoms. The van der Waals surface area contributed by atoms with Gasteiger partial charge >= 0.3 is 0 Å². The molecule has 0 fully saturated rings. The molecule has 5 aromatic rings. The van der Waals surface area contributed by atoms with Crippen LogP contribution in [-0.4, -0.2) is 19.1 Å². The third-order valence-electron chi connectivity index (χ3n) is 4.76. The second kappa shape index (κ2) is 6.62. The summed E-state index contributed by atoms with van der Waals surface area (Å²) in [4.78, 5) is 22.5. The number of fused-ring (bicyclic) bond motifs is 3. The summed E-state index contributed by atoms with van der Waals surface area (Å²) in [6.07, 6.45) is 3.39. The topological polar surface area (TPSA) is 52.7 Å². The Kier molecular flexibility index (Phi) is 3.95. The predicted octanol–water partition coefficient (Wildman–Crippen LogP) is 4.44. The molecule has 0 bridgehead atoms. The second-order valence-electron chi connectivity index (χ2n) is 6.55. The van der Waals surface area contributed by atoms with Gasteiger partial charge in [-0.3, -0.25) is 9.36 Å². The SMILES string of the molecule is O=c1c2c(ncn2Cc2ccccc2)c2cccnc2n1-c1cccc(Cl)c1. The Morgan fingerprint density at radius 3 is 2.61 bits per heavy atom. The molecule has 0 saturated heterocycles. The van der Waals surface area contributed by atoms with E-state index in [9.17, 15) is 4.79 Å². The van der Waals surface area contributed by atoms with Crippen molar-refractivity contribution < 1.29 is 0 Å². The third-order valence-corrected chi connectivity index (χ3v) is 4.99. The molecule has 136 valence electrons. The zero-order valence-electron chi connectivity index (χ0n) is 14.8. The van der Waals surface area contributed by atoms with Crippen molar-refractivity contribution in [3.05, 3.63) is 100 Å². The van der Waals surface area contributed by atoms with Crippen LogP contribution in [0, 0.1) is 0 Å². The van der Waals surface area contributed by atoms with Crippen LogP contribution < -0.4 is 5.56 Å². The highest BCUT2D eigenvalue weighted by molar-refractivity contribution is 6.30. The predicted molar refractivity (Wildman–Crippen MR) is 111 cm³/mol. The fourth-order valence-electron chi connectivity index (χ4n) is 3.52. The summed E-state index contributed by atoms with van der Waals surface area (Å²) in [5, 5.41) is 1.38. The first-order valence-corrected chi connectivity index (χ1v) is 9.24. The summed E-state index contributed by atoms with van der Waals surface area (Å²) < 4.78 is 3.49. The fourth-order valence-corrected chi connectivity index (χ4v) is 3.70. The number of aromatic nitrogens is 4. The molecule has 0 saturated carbocycles. The number of nitrogens with zero attached hydrogens (tertiary/aromatic N) is 4. The van der Waals surface area contributed by atoms with E-state index >= 15 is 0 Å². The Hall–Kier alpha value is -3.44. The minimum atomic E-state index is -0.170. The molecule has 6 heteroatoms. The van der Waals surface area contributed by atoms with Crippen LogP contribution in [0.3, 0.4) is 0 Å². The van der Waals surface area contributed by atoms with Gasteiger partial charge in [0.1, 0.15) is 16.7 Å². The van der Waals surface area contributed by atoms with Gasteiger partial charge < -0.3 is 4.57 Å². The molecule has 3 heterocycles. The van der Waals surface area contributed by atoms with Crippen LogP contribution in [0.4, 0.5) is 0 Å². The number of imidazole rings is 1. The Morgan fingerprint density at radius 2 is 1.79 bits per heavy atom. The summed E-state index contributed by atoms with van der Waals surface area (Å²) in [6, 6.07) is 21.0. The van der Waals surface area contributed by atoms with Gasteiger partial charge in [0.2, 0.25) is 0 Å². The highest BCUT2D eigenvalue weighted by Gasteiger charge is 2.17. The van der Waals surface area contributed by atoms with Gasteiger partial charge in [-0.15, -0.1) is 0 Å². The van der Waals surface area contributed by atoms with Crippen molar-refractivity contribution in [2.24, 2.45) is 0 Å². The normalized spacial score (nSPS) is 11.3. The summed E-state index contributed by atoms with van der Waals surface area (Å²) in [7, 11) is 0. The second-order valence-corrected chi connectivity index (χ2v) is 6.99. The van der Waals surface area contributed by atoms with Gasteiger partial charge in [-0.05, 0) is 35.9 Å². The van der Waals surface area contributed by atoms with Crippen molar-refractivity contribution in [2.45, 2.75) is 6.54 Å². The standard InChI is InChI=1S/C22H15ClN4O/c23-16-8-4-9-17(12-16)27-21-18(10-5-11-24-21)19-20(22(27)28)26(14-25-19)13-15-6-2-1-3-7-15/h1-12,14H,13H2. The molecular formula is C22H15ClN4O. The average Bonchev–Trinajstić information content (AvgIpc) is 3.13. The molecule has 5 rings (SSSR count). The van der Waals surface area contributed by atoms with Crippen molar-refractivity contribution >= 4 is 33.7 Å². The lowest BCUT2D eigenvalue weighted by Crippen LogP contribution is -2.22. The minimum absolute atomic E-state index is 0.170. The largest absolute Gasteiger partial charge is 0.322 e. The third kappa shape index (κ3) is 2.68. The van der Waals surface area contributed by atoms with Crippen molar-refractivity contribution in [1.29, 1.82) is 0 Å². The van der Waals surface area contributed by atoms with E-state index in [4.69, 9.17) is 11.6 Å². The lowest BCUT2D eigenvalue weighted by atomic mass is 10.2. The lowest BCUT2D eigenvalue weighted by Gasteiger charge is -2.12. The van der Waals surface area contributed by atoms with E-state index in [2.05, 4.69) is 9.97 Å². The van der Waals surface area contributed by atoms with E-state index in [1.165, 1.54) is 0 Å². The summed E-state index contributed by atoms with van der Waals surface area (Å²) >= 11 is 6.18. The molecule has 0 unspecified atom stereocenters. The number of halogens is 1.